The summed E-state index contributed by atoms with van der Waals surface area (Å²) in [5.41, 5.74) is 0.518. The van der Waals surface area contributed by atoms with Crippen molar-refractivity contribution < 1.29 is 19.4 Å². The second-order valence-electron chi connectivity index (χ2n) is 5.14. The molecule has 0 radical (unpaired) electrons. The third kappa shape index (κ3) is 5.09. The molecule has 0 aliphatic heterocycles. The van der Waals surface area contributed by atoms with Crippen LogP contribution < -0.4 is 5.32 Å². The second-order valence-corrected chi connectivity index (χ2v) is 5.14. The molecule has 5 nitrogen and oxygen atoms in total. The highest BCUT2D eigenvalue weighted by atomic mass is 16.5. The molecule has 1 aromatic rings. The Morgan fingerprint density at radius 1 is 1.16 bits per heavy atom. The lowest BCUT2D eigenvalue weighted by Crippen LogP contribution is -2.40. The Balaban J connectivity index is 2.71. The van der Waals surface area contributed by atoms with Crippen LogP contribution in [0.4, 0.5) is 0 Å². The second kappa shape index (κ2) is 6.33. The van der Waals surface area contributed by atoms with Crippen LogP contribution in [0, 0.1) is 0 Å². The Morgan fingerprint density at radius 3 is 2.16 bits per heavy atom. The molecule has 0 unspecified atom stereocenters. The fourth-order valence-electron chi connectivity index (χ4n) is 1.39. The van der Waals surface area contributed by atoms with Gasteiger partial charge in [-0.3, -0.25) is 4.79 Å². The summed E-state index contributed by atoms with van der Waals surface area (Å²) < 4.78 is 4.77. The van der Waals surface area contributed by atoms with Crippen LogP contribution in [0.3, 0.4) is 0 Å². The van der Waals surface area contributed by atoms with Gasteiger partial charge in [-0.05, 0) is 45.0 Å². The molecule has 0 aliphatic carbocycles. The van der Waals surface area contributed by atoms with Gasteiger partial charge >= 0.3 is 5.97 Å². The minimum Gasteiger partial charge on any atom is -0.460 e. The number of aliphatic hydroxyl groups excluding tert-OH is 1. The number of esters is 1. The minimum atomic E-state index is -0.517. The van der Waals surface area contributed by atoms with Gasteiger partial charge in [-0.15, -0.1) is 0 Å². The molecule has 1 rings (SSSR count). The van der Waals surface area contributed by atoms with Crippen LogP contribution in [-0.4, -0.2) is 35.7 Å². The monoisotopic (exact) mass is 265 g/mol. The van der Waals surface area contributed by atoms with Crippen LogP contribution in [-0.2, 0) is 4.74 Å². The van der Waals surface area contributed by atoms with Gasteiger partial charge in [0, 0.05) is 11.1 Å². The highest BCUT2D eigenvalue weighted by Gasteiger charge is 2.15. The van der Waals surface area contributed by atoms with Crippen LogP contribution in [0.2, 0.25) is 0 Å². The van der Waals surface area contributed by atoms with Gasteiger partial charge in [0.2, 0.25) is 0 Å². The first-order valence-electron chi connectivity index (χ1n) is 6.04. The smallest absolute Gasteiger partial charge is 0.338 e. The van der Waals surface area contributed by atoms with Gasteiger partial charge < -0.3 is 15.2 Å². The molecule has 0 spiro atoms. The summed E-state index contributed by atoms with van der Waals surface area (Å²) in [6.07, 6.45) is 0. The summed E-state index contributed by atoms with van der Waals surface area (Å²) in [4.78, 5) is 23.3. The summed E-state index contributed by atoms with van der Waals surface area (Å²) in [5, 5.41) is 11.4. The Labute approximate surface area is 112 Å². The fourth-order valence-corrected chi connectivity index (χ4v) is 1.39. The van der Waals surface area contributed by atoms with Gasteiger partial charge in [-0.25, -0.2) is 4.79 Å². The number of benzene rings is 1. The summed E-state index contributed by atoms with van der Waals surface area (Å²) >= 11 is 0. The van der Waals surface area contributed by atoms with Gasteiger partial charge in [0.25, 0.3) is 5.91 Å². The summed E-state index contributed by atoms with van der Waals surface area (Å²) in [6.45, 7) is 5.44. The average molecular weight is 265 g/mol. The zero-order valence-electron chi connectivity index (χ0n) is 11.4. The summed E-state index contributed by atoms with van der Waals surface area (Å²) in [6, 6.07) is 6.18. The van der Waals surface area contributed by atoms with E-state index in [-0.39, 0.29) is 24.7 Å². The predicted octanol–water partition coefficient (Wildman–Crippen LogP) is 1.36. The average Bonchev–Trinajstić information content (AvgIpc) is 2.34. The highest BCUT2D eigenvalue weighted by Crippen LogP contribution is 2.08. The van der Waals surface area contributed by atoms with Crippen molar-refractivity contribution in [2.45, 2.75) is 26.3 Å². The number of aliphatic hydroxyl groups is 1. The van der Waals surface area contributed by atoms with Gasteiger partial charge in [0.05, 0.1) is 12.2 Å². The molecule has 5 heteroatoms. The molecule has 0 aliphatic rings. The van der Waals surface area contributed by atoms with Gasteiger partial charge in [0.15, 0.2) is 0 Å². The molecular weight excluding hydrogens is 246 g/mol. The zero-order chi connectivity index (χ0) is 14.5. The molecule has 0 fully saturated rings. The first kappa shape index (κ1) is 15.2. The van der Waals surface area contributed by atoms with Crippen molar-refractivity contribution in [3.63, 3.8) is 0 Å². The third-order valence-corrected chi connectivity index (χ3v) is 2.20. The molecule has 2 N–H and O–H groups in total. The minimum absolute atomic E-state index is 0.0366. The lowest BCUT2D eigenvalue weighted by atomic mass is 10.1. The Hall–Kier alpha value is -1.88. The quantitative estimate of drug-likeness (QED) is 0.806. The summed E-state index contributed by atoms with van der Waals surface area (Å²) in [5.74, 6) is -0.709. The van der Waals surface area contributed by atoms with Gasteiger partial charge in [-0.1, -0.05) is 0 Å². The van der Waals surface area contributed by atoms with Gasteiger partial charge in [-0.2, -0.15) is 0 Å². The molecule has 1 amide bonds. The molecule has 104 valence electrons. The van der Waals surface area contributed by atoms with E-state index < -0.39 is 5.97 Å². The largest absolute Gasteiger partial charge is 0.460 e. The zero-order valence-corrected chi connectivity index (χ0v) is 11.4. The molecule has 19 heavy (non-hydrogen) atoms. The van der Waals surface area contributed by atoms with E-state index in [1.165, 1.54) is 12.1 Å². The van der Waals surface area contributed by atoms with Crippen LogP contribution in [0.1, 0.15) is 41.5 Å². The lowest BCUT2D eigenvalue weighted by Gasteiger charge is -2.20. The van der Waals surface area contributed by atoms with Crippen LogP contribution >= 0.6 is 0 Å². The number of amides is 1. The van der Waals surface area contributed by atoms with E-state index >= 15 is 0 Å². The predicted molar refractivity (Wildman–Crippen MR) is 71.0 cm³/mol. The first-order chi connectivity index (χ1) is 8.83. The van der Waals surface area contributed by atoms with Crippen molar-refractivity contribution in [1.82, 2.24) is 5.32 Å². The van der Waals surface area contributed by atoms with Crippen LogP contribution in [0.5, 0.6) is 0 Å². The van der Waals surface area contributed by atoms with Crippen molar-refractivity contribution in [1.29, 1.82) is 0 Å². The topological polar surface area (TPSA) is 75.6 Å². The van der Waals surface area contributed by atoms with E-state index in [0.29, 0.717) is 11.1 Å². The molecular formula is C14H19NO4. The number of hydrogen-bond acceptors (Lipinski definition) is 4. The van der Waals surface area contributed by atoms with E-state index in [2.05, 4.69) is 5.32 Å². The summed E-state index contributed by atoms with van der Waals surface area (Å²) in [7, 11) is 0. The van der Waals surface area contributed by atoms with E-state index in [9.17, 15) is 9.59 Å². The molecule has 0 aromatic heterocycles. The standard InChI is InChI=1S/C14H19NO4/c1-14(2,3)15-12(17)10-4-6-11(7-5-10)13(18)19-9-8-16/h4-7,16H,8-9H2,1-3H3,(H,15,17). The molecule has 0 bridgehead atoms. The van der Waals surface area contributed by atoms with Crippen LogP contribution in [0.25, 0.3) is 0 Å². The van der Waals surface area contributed by atoms with E-state index in [0.717, 1.165) is 0 Å². The maximum Gasteiger partial charge on any atom is 0.338 e. The molecule has 0 atom stereocenters. The maximum atomic E-state index is 11.9. The molecule has 0 saturated carbocycles. The molecule has 0 heterocycles. The Kier molecular flexibility index (Phi) is 5.06. The van der Waals surface area contributed by atoms with Crippen molar-refractivity contribution in [2.24, 2.45) is 0 Å². The van der Waals surface area contributed by atoms with E-state index in [1.807, 2.05) is 20.8 Å². The van der Waals surface area contributed by atoms with Crippen molar-refractivity contribution in [3.05, 3.63) is 35.4 Å². The van der Waals surface area contributed by atoms with Crippen LogP contribution in [0.15, 0.2) is 24.3 Å². The van der Waals surface area contributed by atoms with E-state index in [1.54, 1.807) is 12.1 Å². The molecule has 1 aromatic carbocycles. The normalized spacial score (nSPS) is 10.9. The maximum absolute atomic E-state index is 11.9. The number of carbonyl (C=O) groups excluding carboxylic acids is 2. The van der Waals surface area contributed by atoms with Crippen molar-refractivity contribution in [3.8, 4) is 0 Å². The first-order valence-corrected chi connectivity index (χ1v) is 6.04. The highest BCUT2D eigenvalue weighted by molar-refractivity contribution is 5.96. The fraction of sp³-hybridized carbons (Fsp3) is 0.429. The number of hydrogen-bond donors (Lipinski definition) is 2. The SMILES string of the molecule is CC(C)(C)NC(=O)c1ccc(C(=O)OCCO)cc1. The Morgan fingerprint density at radius 2 is 1.68 bits per heavy atom. The Bertz CT molecular complexity index is 446. The number of nitrogens with one attached hydrogen (secondary N) is 1. The number of carbonyl (C=O) groups is 2. The molecule has 0 saturated heterocycles. The van der Waals surface area contributed by atoms with E-state index in [4.69, 9.17) is 9.84 Å². The number of ether oxygens (including phenoxy) is 1. The number of rotatable bonds is 4. The van der Waals surface area contributed by atoms with Crippen molar-refractivity contribution >= 4 is 11.9 Å². The van der Waals surface area contributed by atoms with Gasteiger partial charge in [0.1, 0.15) is 6.61 Å². The third-order valence-electron chi connectivity index (χ3n) is 2.20. The lowest BCUT2D eigenvalue weighted by molar-refractivity contribution is 0.0433. The van der Waals surface area contributed by atoms with Crippen molar-refractivity contribution in [2.75, 3.05) is 13.2 Å².